The van der Waals surface area contributed by atoms with Crippen LogP contribution in [-0.4, -0.2) is 30.1 Å². The van der Waals surface area contributed by atoms with Gasteiger partial charge < -0.3 is 20.3 Å². The van der Waals surface area contributed by atoms with Gasteiger partial charge in [-0.25, -0.2) is 4.79 Å². The van der Waals surface area contributed by atoms with Crippen LogP contribution in [0.4, 0.5) is 5.00 Å². The lowest BCUT2D eigenvalue weighted by Crippen LogP contribution is -2.18. The highest BCUT2D eigenvalue weighted by Crippen LogP contribution is 2.34. The van der Waals surface area contributed by atoms with Crippen molar-refractivity contribution in [2.75, 3.05) is 12.4 Å². The molecule has 26 heavy (non-hydrogen) atoms. The van der Waals surface area contributed by atoms with Gasteiger partial charge in [-0.3, -0.25) is 9.59 Å². The number of carbonyl (C=O) groups is 3. The number of thiophene rings is 1. The molecule has 3 rings (SSSR count). The number of methoxy groups -OCH3 is 1. The van der Waals surface area contributed by atoms with Gasteiger partial charge in [0.05, 0.1) is 17.6 Å². The molecule has 0 fully saturated rings. The number of aromatic nitrogens is 1. The molecule has 2 aromatic rings. The van der Waals surface area contributed by atoms with E-state index in [1.165, 1.54) is 7.11 Å². The quantitative estimate of drug-likeness (QED) is 0.788. The molecule has 138 valence electrons. The zero-order valence-electron chi connectivity index (χ0n) is 14.7. The fraction of sp³-hybridized carbons (Fsp3) is 0.412. The van der Waals surface area contributed by atoms with Crippen molar-refractivity contribution < 1.29 is 23.6 Å². The number of fused-ring (bicyclic) bond motifs is 1. The van der Waals surface area contributed by atoms with Crippen molar-refractivity contribution in [2.45, 2.75) is 33.1 Å². The number of primary amides is 1. The van der Waals surface area contributed by atoms with Gasteiger partial charge in [0.1, 0.15) is 10.8 Å². The highest BCUT2D eigenvalue weighted by Gasteiger charge is 2.30. The SMILES string of the molecule is COC(=O)c1c(NC(=O)c2noc3c2CC(C)CC3)sc(C(N)=O)c1C. The molecule has 9 heteroatoms. The van der Waals surface area contributed by atoms with Gasteiger partial charge in [-0.15, -0.1) is 11.3 Å². The number of rotatable bonds is 4. The number of esters is 1. The monoisotopic (exact) mass is 377 g/mol. The van der Waals surface area contributed by atoms with Crippen LogP contribution in [0, 0.1) is 12.8 Å². The second kappa shape index (κ2) is 6.91. The average molecular weight is 377 g/mol. The van der Waals surface area contributed by atoms with E-state index in [1.54, 1.807) is 6.92 Å². The Bertz CT molecular complexity index is 899. The summed E-state index contributed by atoms with van der Waals surface area (Å²) < 4.78 is 10.0. The summed E-state index contributed by atoms with van der Waals surface area (Å²) in [6, 6.07) is 0. The lowest BCUT2D eigenvalue weighted by molar-refractivity contribution is 0.0601. The van der Waals surface area contributed by atoms with Crippen molar-refractivity contribution in [3.8, 4) is 0 Å². The van der Waals surface area contributed by atoms with Crippen LogP contribution in [0.3, 0.4) is 0 Å². The van der Waals surface area contributed by atoms with E-state index in [0.717, 1.165) is 35.5 Å². The molecule has 0 aliphatic heterocycles. The van der Waals surface area contributed by atoms with E-state index in [9.17, 15) is 14.4 Å². The smallest absolute Gasteiger partial charge is 0.341 e. The van der Waals surface area contributed by atoms with Gasteiger partial charge in [0.15, 0.2) is 5.69 Å². The fourth-order valence-corrected chi connectivity index (χ4v) is 4.15. The molecule has 0 saturated heterocycles. The second-order valence-electron chi connectivity index (χ2n) is 6.35. The van der Waals surface area contributed by atoms with Gasteiger partial charge in [0, 0.05) is 12.0 Å². The first kappa shape index (κ1) is 18.1. The van der Waals surface area contributed by atoms with Gasteiger partial charge in [0.2, 0.25) is 0 Å². The van der Waals surface area contributed by atoms with Crippen LogP contribution < -0.4 is 11.1 Å². The van der Waals surface area contributed by atoms with E-state index in [4.69, 9.17) is 15.0 Å². The Morgan fingerprint density at radius 3 is 2.77 bits per heavy atom. The molecule has 2 amide bonds. The van der Waals surface area contributed by atoms with Crippen molar-refractivity contribution in [2.24, 2.45) is 11.7 Å². The van der Waals surface area contributed by atoms with E-state index in [0.29, 0.717) is 17.9 Å². The van der Waals surface area contributed by atoms with Crippen molar-refractivity contribution in [3.63, 3.8) is 0 Å². The summed E-state index contributed by atoms with van der Waals surface area (Å²) in [5, 5.41) is 6.76. The molecular weight excluding hydrogens is 358 g/mol. The average Bonchev–Trinajstić information content (AvgIpc) is 3.15. The number of hydrogen-bond donors (Lipinski definition) is 2. The zero-order chi connectivity index (χ0) is 19.0. The molecule has 1 atom stereocenters. The standard InChI is InChI=1S/C17H19N3O5S/c1-7-4-5-10-9(6-7)12(20-25-10)15(22)19-16-11(17(23)24-3)8(2)13(26-16)14(18)21/h7H,4-6H2,1-3H3,(H2,18,21)(H,19,22). The zero-order valence-corrected chi connectivity index (χ0v) is 15.5. The Hall–Kier alpha value is -2.68. The molecule has 1 aliphatic rings. The van der Waals surface area contributed by atoms with E-state index in [2.05, 4.69) is 17.4 Å². The number of hydrogen-bond acceptors (Lipinski definition) is 7. The van der Waals surface area contributed by atoms with E-state index < -0.39 is 17.8 Å². The molecular formula is C17H19N3O5S. The third-order valence-corrected chi connectivity index (χ3v) is 5.71. The van der Waals surface area contributed by atoms with E-state index in [-0.39, 0.29) is 21.1 Å². The topological polar surface area (TPSA) is 125 Å². The molecule has 2 aromatic heterocycles. The lowest BCUT2D eigenvalue weighted by Gasteiger charge is -2.16. The predicted octanol–water partition coefficient (Wildman–Crippen LogP) is 2.31. The highest BCUT2D eigenvalue weighted by molar-refractivity contribution is 7.18. The number of nitrogens with zero attached hydrogens (tertiary/aromatic N) is 1. The Balaban J connectivity index is 1.95. The van der Waals surface area contributed by atoms with Crippen LogP contribution in [0.25, 0.3) is 0 Å². The molecule has 3 N–H and O–H groups in total. The minimum atomic E-state index is -0.675. The number of nitrogens with two attached hydrogens (primary N) is 1. The number of aryl methyl sites for hydroxylation is 1. The van der Waals surface area contributed by atoms with Gasteiger partial charge in [0.25, 0.3) is 11.8 Å². The molecule has 0 saturated carbocycles. The molecule has 0 bridgehead atoms. The van der Waals surface area contributed by atoms with E-state index in [1.807, 2.05) is 0 Å². The highest BCUT2D eigenvalue weighted by atomic mass is 32.1. The predicted molar refractivity (Wildman–Crippen MR) is 94.6 cm³/mol. The second-order valence-corrected chi connectivity index (χ2v) is 7.37. The van der Waals surface area contributed by atoms with Crippen molar-refractivity contribution in [3.05, 3.63) is 33.0 Å². The molecule has 8 nitrogen and oxygen atoms in total. The van der Waals surface area contributed by atoms with Gasteiger partial charge in [-0.1, -0.05) is 12.1 Å². The molecule has 2 heterocycles. The third kappa shape index (κ3) is 3.10. The number of amides is 2. The van der Waals surface area contributed by atoms with Crippen LogP contribution >= 0.6 is 11.3 Å². The largest absolute Gasteiger partial charge is 0.465 e. The summed E-state index contributed by atoms with van der Waals surface area (Å²) in [6.45, 7) is 3.69. The molecule has 0 spiro atoms. The van der Waals surface area contributed by atoms with Gasteiger partial charge in [-0.2, -0.15) is 0 Å². The summed E-state index contributed by atoms with van der Waals surface area (Å²) in [5.41, 5.74) is 6.84. The van der Waals surface area contributed by atoms with Crippen LogP contribution in [0.15, 0.2) is 4.52 Å². The third-order valence-electron chi connectivity index (χ3n) is 4.49. The van der Waals surface area contributed by atoms with Gasteiger partial charge >= 0.3 is 5.97 Å². The number of anilines is 1. The maximum Gasteiger partial charge on any atom is 0.341 e. The Kier molecular flexibility index (Phi) is 4.82. The first-order valence-electron chi connectivity index (χ1n) is 8.13. The summed E-state index contributed by atoms with van der Waals surface area (Å²) in [7, 11) is 1.23. The van der Waals surface area contributed by atoms with Crippen molar-refractivity contribution >= 4 is 34.1 Å². The Morgan fingerprint density at radius 2 is 2.12 bits per heavy atom. The summed E-state index contributed by atoms with van der Waals surface area (Å²) in [4.78, 5) is 36.6. The molecule has 0 aromatic carbocycles. The fourth-order valence-electron chi connectivity index (χ4n) is 3.10. The van der Waals surface area contributed by atoms with E-state index >= 15 is 0 Å². The van der Waals surface area contributed by atoms with Crippen LogP contribution in [0.2, 0.25) is 0 Å². The Morgan fingerprint density at radius 1 is 1.38 bits per heavy atom. The van der Waals surface area contributed by atoms with Gasteiger partial charge in [-0.05, 0) is 31.2 Å². The van der Waals surface area contributed by atoms with Crippen LogP contribution in [0.1, 0.15) is 60.7 Å². The molecule has 1 aliphatic carbocycles. The minimum absolute atomic E-state index is 0.116. The first-order chi connectivity index (χ1) is 12.3. The van der Waals surface area contributed by atoms with Crippen LogP contribution in [0.5, 0.6) is 0 Å². The summed E-state index contributed by atoms with van der Waals surface area (Å²) in [5.74, 6) is -0.666. The number of carbonyl (C=O) groups excluding carboxylic acids is 3. The molecule has 0 radical (unpaired) electrons. The maximum atomic E-state index is 12.7. The molecule has 1 unspecified atom stereocenters. The first-order valence-corrected chi connectivity index (χ1v) is 8.95. The normalized spacial score (nSPS) is 16.0. The maximum absolute atomic E-state index is 12.7. The number of nitrogens with one attached hydrogen (secondary N) is 1. The van der Waals surface area contributed by atoms with Crippen LogP contribution in [-0.2, 0) is 17.6 Å². The number of ether oxygens (including phenoxy) is 1. The lowest BCUT2D eigenvalue weighted by atomic mass is 9.88. The van der Waals surface area contributed by atoms with Crippen molar-refractivity contribution in [1.29, 1.82) is 0 Å². The van der Waals surface area contributed by atoms with Crippen molar-refractivity contribution in [1.82, 2.24) is 5.16 Å². The minimum Gasteiger partial charge on any atom is -0.465 e. The summed E-state index contributed by atoms with van der Waals surface area (Å²) in [6.07, 6.45) is 2.44. The Labute approximate surface area is 153 Å². The summed E-state index contributed by atoms with van der Waals surface area (Å²) >= 11 is 0.936.